The minimum Gasteiger partial charge on any atom is -0.385 e. The summed E-state index contributed by atoms with van der Waals surface area (Å²) < 4.78 is 7.32. The normalized spacial score (nSPS) is 38.3. The van der Waals surface area contributed by atoms with Crippen molar-refractivity contribution in [3.8, 4) is 0 Å². The van der Waals surface area contributed by atoms with E-state index in [0.717, 1.165) is 31.6 Å². The van der Waals surface area contributed by atoms with E-state index in [2.05, 4.69) is 17.0 Å². The van der Waals surface area contributed by atoms with Crippen LogP contribution in [0.4, 0.5) is 0 Å². The zero-order valence-corrected chi connectivity index (χ0v) is 10.3. The number of hydrogen-bond donors (Lipinski definition) is 1. The highest BCUT2D eigenvalue weighted by Gasteiger charge is 2.45. The molecule has 5 nitrogen and oxygen atoms in total. The average molecular weight is 237 g/mol. The number of fused-ring (bicyclic) bond motifs is 2. The summed E-state index contributed by atoms with van der Waals surface area (Å²) in [6.07, 6.45) is 5.15. The fourth-order valence-corrected chi connectivity index (χ4v) is 3.04. The molecule has 3 rings (SSSR count). The summed E-state index contributed by atoms with van der Waals surface area (Å²) in [5, 5.41) is 15.0. The van der Waals surface area contributed by atoms with Crippen LogP contribution >= 0.6 is 0 Å². The number of morpholine rings is 1. The van der Waals surface area contributed by atoms with Crippen LogP contribution in [0.2, 0.25) is 0 Å². The van der Waals surface area contributed by atoms with Gasteiger partial charge in [-0.3, -0.25) is 9.58 Å². The van der Waals surface area contributed by atoms with Gasteiger partial charge in [0.25, 0.3) is 0 Å². The van der Waals surface area contributed by atoms with E-state index in [9.17, 15) is 5.11 Å². The molecule has 0 saturated carbocycles. The molecule has 2 saturated heterocycles. The molecule has 2 bridgehead atoms. The van der Waals surface area contributed by atoms with E-state index in [-0.39, 0.29) is 0 Å². The number of ether oxygens (including phenoxy) is 1. The minimum atomic E-state index is -0.736. The smallest absolute Gasteiger partial charge is 0.0958 e. The highest BCUT2D eigenvalue weighted by atomic mass is 16.5. The van der Waals surface area contributed by atoms with Crippen LogP contribution in [0.1, 0.15) is 18.4 Å². The molecule has 0 spiro atoms. The summed E-state index contributed by atoms with van der Waals surface area (Å²) >= 11 is 0. The lowest BCUT2D eigenvalue weighted by Gasteiger charge is -2.50. The Kier molecular flexibility index (Phi) is 2.50. The molecule has 1 aromatic rings. The predicted octanol–water partition coefficient (Wildman–Crippen LogP) is 0.101. The van der Waals surface area contributed by atoms with Crippen molar-refractivity contribution in [1.29, 1.82) is 0 Å². The van der Waals surface area contributed by atoms with Crippen molar-refractivity contribution in [1.82, 2.24) is 14.7 Å². The Morgan fingerprint density at radius 3 is 2.53 bits per heavy atom. The zero-order valence-electron chi connectivity index (χ0n) is 10.3. The number of aromatic nitrogens is 2. The number of nitrogens with zero attached hydrogens (tertiary/aromatic N) is 3. The SMILES string of the molecule is CN1C2COCC1CC(O)(c1cnn(C)c1)C2. The van der Waals surface area contributed by atoms with Crippen molar-refractivity contribution >= 4 is 0 Å². The highest BCUT2D eigenvalue weighted by Crippen LogP contribution is 2.39. The van der Waals surface area contributed by atoms with E-state index in [0.29, 0.717) is 12.1 Å². The van der Waals surface area contributed by atoms with Gasteiger partial charge in [-0.05, 0) is 19.9 Å². The monoisotopic (exact) mass is 237 g/mol. The molecule has 0 aliphatic carbocycles. The molecule has 3 heterocycles. The highest BCUT2D eigenvalue weighted by molar-refractivity contribution is 5.18. The third-order valence-electron chi connectivity index (χ3n) is 4.16. The van der Waals surface area contributed by atoms with Gasteiger partial charge in [-0.25, -0.2) is 0 Å². The largest absolute Gasteiger partial charge is 0.385 e. The standard InChI is InChI=1S/C12H19N3O2/c1-14-6-9(5-13-14)12(16)3-10-7-17-8-11(4-12)15(10)2/h5-6,10-11,16H,3-4,7-8H2,1-2H3. The lowest BCUT2D eigenvalue weighted by atomic mass is 9.78. The first-order valence-electron chi connectivity index (χ1n) is 6.10. The summed E-state index contributed by atoms with van der Waals surface area (Å²) in [5.41, 5.74) is 0.199. The summed E-state index contributed by atoms with van der Waals surface area (Å²) in [5.74, 6) is 0. The molecule has 2 aliphatic heterocycles. The van der Waals surface area contributed by atoms with E-state index in [4.69, 9.17) is 4.74 Å². The Bertz CT molecular complexity index is 404. The lowest BCUT2D eigenvalue weighted by molar-refractivity contribution is -0.137. The van der Waals surface area contributed by atoms with Gasteiger partial charge in [-0.2, -0.15) is 5.10 Å². The Morgan fingerprint density at radius 1 is 1.35 bits per heavy atom. The second kappa shape index (κ2) is 3.80. The maximum atomic E-state index is 10.8. The van der Waals surface area contributed by atoms with Gasteiger partial charge in [-0.1, -0.05) is 0 Å². The van der Waals surface area contributed by atoms with Crippen LogP contribution in [0.15, 0.2) is 12.4 Å². The van der Waals surface area contributed by atoms with Gasteiger partial charge in [0.2, 0.25) is 0 Å². The Balaban J connectivity index is 1.89. The van der Waals surface area contributed by atoms with Crippen LogP contribution in [0, 0.1) is 0 Å². The number of aliphatic hydroxyl groups is 1. The topological polar surface area (TPSA) is 50.5 Å². The van der Waals surface area contributed by atoms with Gasteiger partial charge in [0.05, 0.1) is 25.0 Å². The molecule has 0 amide bonds. The summed E-state index contributed by atoms with van der Waals surface area (Å²) in [6, 6.07) is 0.625. The molecular weight excluding hydrogens is 218 g/mol. The van der Waals surface area contributed by atoms with Crippen LogP contribution in [-0.4, -0.2) is 52.1 Å². The first kappa shape index (κ1) is 11.2. The molecular formula is C12H19N3O2. The van der Waals surface area contributed by atoms with Crippen molar-refractivity contribution in [3.63, 3.8) is 0 Å². The van der Waals surface area contributed by atoms with Crippen LogP contribution in [0.5, 0.6) is 0 Å². The third-order valence-corrected chi connectivity index (χ3v) is 4.16. The maximum Gasteiger partial charge on any atom is 0.0958 e. The number of aryl methyl sites for hydroxylation is 1. The van der Waals surface area contributed by atoms with Crippen molar-refractivity contribution in [2.24, 2.45) is 7.05 Å². The van der Waals surface area contributed by atoms with Gasteiger partial charge >= 0.3 is 0 Å². The average Bonchev–Trinajstić information content (AvgIpc) is 2.68. The third kappa shape index (κ3) is 1.78. The molecule has 1 N–H and O–H groups in total. The van der Waals surface area contributed by atoms with Gasteiger partial charge in [-0.15, -0.1) is 0 Å². The van der Waals surface area contributed by atoms with E-state index in [1.165, 1.54) is 0 Å². The van der Waals surface area contributed by atoms with Crippen molar-refractivity contribution in [3.05, 3.63) is 18.0 Å². The maximum absolute atomic E-state index is 10.8. The Morgan fingerprint density at radius 2 is 2.00 bits per heavy atom. The fraction of sp³-hybridized carbons (Fsp3) is 0.750. The molecule has 94 valence electrons. The van der Waals surface area contributed by atoms with Crippen LogP contribution in [-0.2, 0) is 17.4 Å². The second-order valence-corrected chi connectivity index (χ2v) is 5.35. The number of hydrogen-bond acceptors (Lipinski definition) is 4. The molecule has 2 atom stereocenters. The van der Waals surface area contributed by atoms with Crippen molar-refractivity contribution < 1.29 is 9.84 Å². The van der Waals surface area contributed by atoms with E-state index in [1.807, 2.05) is 13.2 Å². The van der Waals surface area contributed by atoms with Crippen molar-refractivity contribution in [2.45, 2.75) is 30.5 Å². The molecule has 2 unspecified atom stereocenters. The first-order chi connectivity index (χ1) is 8.08. The first-order valence-corrected chi connectivity index (χ1v) is 6.10. The van der Waals surface area contributed by atoms with Gasteiger partial charge in [0.15, 0.2) is 0 Å². The minimum absolute atomic E-state index is 0.313. The molecule has 2 aliphatic rings. The second-order valence-electron chi connectivity index (χ2n) is 5.35. The van der Waals surface area contributed by atoms with E-state index < -0.39 is 5.60 Å². The number of rotatable bonds is 1. The van der Waals surface area contributed by atoms with Crippen molar-refractivity contribution in [2.75, 3.05) is 20.3 Å². The Hall–Kier alpha value is -0.910. The fourth-order valence-electron chi connectivity index (χ4n) is 3.04. The quantitative estimate of drug-likeness (QED) is 0.752. The van der Waals surface area contributed by atoms with Gasteiger partial charge in [0.1, 0.15) is 0 Å². The molecule has 5 heteroatoms. The van der Waals surface area contributed by atoms with Crippen LogP contribution in [0.3, 0.4) is 0 Å². The summed E-state index contributed by atoms with van der Waals surface area (Å²) in [4.78, 5) is 2.34. The summed E-state index contributed by atoms with van der Waals surface area (Å²) in [7, 11) is 4.01. The molecule has 1 aromatic heterocycles. The van der Waals surface area contributed by atoms with E-state index >= 15 is 0 Å². The van der Waals surface area contributed by atoms with Crippen LogP contribution in [0.25, 0.3) is 0 Å². The molecule has 0 aromatic carbocycles. The zero-order chi connectivity index (χ0) is 12.0. The number of piperidine rings is 1. The predicted molar refractivity (Wildman–Crippen MR) is 62.5 cm³/mol. The van der Waals surface area contributed by atoms with Gasteiger partial charge in [0, 0.05) is 30.9 Å². The van der Waals surface area contributed by atoms with Crippen LogP contribution < -0.4 is 0 Å². The molecule has 0 radical (unpaired) electrons. The van der Waals surface area contributed by atoms with Gasteiger partial charge < -0.3 is 9.84 Å². The Labute approximate surface area is 101 Å². The lowest BCUT2D eigenvalue weighted by Crippen LogP contribution is -2.59. The number of likely N-dealkylation sites (N-methyl/N-ethyl adjacent to an activating group) is 1. The summed E-state index contributed by atoms with van der Waals surface area (Å²) in [6.45, 7) is 1.44. The molecule has 2 fully saturated rings. The molecule has 17 heavy (non-hydrogen) atoms. The van der Waals surface area contributed by atoms with E-state index in [1.54, 1.807) is 10.9 Å².